The van der Waals surface area contributed by atoms with E-state index in [4.69, 9.17) is 17.0 Å². The lowest BCUT2D eigenvalue weighted by molar-refractivity contribution is -0.124. The zero-order valence-electron chi connectivity index (χ0n) is 11.9. The number of carbonyl (C=O) groups is 1. The predicted octanol–water partition coefficient (Wildman–Crippen LogP) is 1.88. The second-order valence-corrected chi connectivity index (χ2v) is 6.75. The Morgan fingerprint density at radius 3 is 2.64 bits per heavy atom. The first-order valence-corrected chi connectivity index (χ1v) is 8.20. The molecule has 0 atom stereocenters. The molecule has 0 spiro atoms. The Hall–Kier alpha value is -1.41. The van der Waals surface area contributed by atoms with Crippen LogP contribution in [0.4, 0.5) is 0 Å². The van der Waals surface area contributed by atoms with Crippen LogP contribution in [0, 0.1) is 0 Å². The molecule has 22 heavy (non-hydrogen) atoms. The zero-order valence-corrected chi connectivity index (χ0v) is 13.5. The van der Waals surface area contributed by atoms with E-state index in [2.05, 4.69) is 4.90 Å². The van der Waals surface area contributed by atoms with Crippen LogP contribution in [0.15, 0.2) is 29.2 Å². The van der Waals surface area contributed by atoms with E-state index in [1.54, 1.807) is 35.2 Å². The van der Waals surface area contributed by atoms with Gasteiger partial charge in [0, 0.05) is 13.1 Å². The molecule has 5 nitrogen and oxygen atoms in total. The van der Waals surface area contributed by atoms with E-state index >= 15 is 0 Å². The van der Waals surface area contributed by atoms with Crippen molar-refractivity contribution in [2.24, 2.45) is 0 Å². The SMILES string of the molecule is O=C1/C(=C\c2ccc(O)cc2)SC(=S)N1CN1CCOCC1. The van der Waals surface area contributed by atoms with E-state index in [0.29, 0.717) is 29.1 Å². The molecule has 2 fully saturated rings. The average Bonchev–Trinajstić information content (AvgIpc) is 2.78. The number of benzene rings is 1. The Kier molecular flexibility index (Phi) is 4.77. The number of morpholine rings is 1. The monoisotopic (exact) mass is 336 g/mol. The molecule has 0 aromatic heterocycles. The van der Waals surface area contributed by atoms with Crippen molar-refractivity contribution in [1.82, 2.24) is 9.80 Å². The van der Waals surface area contributed by atoms with Crippen molar-refractivity contribution in [3.8, 4) is 5.75 Å². The van der Waals surface area contributed by atoms with Crippen LogP contribution in [0.3, 0.4) is 0 Å². The highest BCUT2D eigenvalue weighted by Crippen LogP contribution is 2.32. The maximum atomic E-state index is 12.5. The van der Waals surface area contributed by atoms with Gasteiger partial charge in [-0.05, 0) is 23.8 Å². The second-order valence-electron chi connectivity index (χ2n) is 5.07. The van der Waals surface area contributed by atoms with Gasteiger partial charge in [0.25, 0.3) is 5.91 Å². The lowest BCUT2D eigenvalue weighted by Crippen LogP contribution is -2.45. The third kappa shape index (κ3) is 3.49. The quantitative estimate of drug-likeness (QED) is 0.672. The number of nitrogens with zero attached hydrogens (tertiary/aromatic N) is 2. The van der Waals surface area contributed by atoms with Crippen molar-refractivity contribution in [3.05, 3.63) is 34.7 Å². The minimum Gasteiger partial charge on any atom is -0.508 e. The van der Waals surface area contributed by atoms with E-state index in [9.17, 15) is 9.90 Å². The van der Waals surface area contributed by atoms with Crippen LogP contribution in [0.5, 0.6) is 5.75 Å². The fourth-order valence-corrected chi connectivity index (χ4v) is 3.53. The van der Waals surface area contributed by atoms with Crippen LogP contribution in [-0.4, -0.2) is 58.1 Å². The van der Waals surface area contributed by atoms with E-state index < -0.39 is 0 Å². The number of thiocarbonyl (C=S) groups is 1. The first-order chi connectivity index (χ1) is 10.6. The molecule has 2 aliphatic heterocycles. The molecule has 2 heterocycles. The van der Waals surface area contributed by atoms with Crippen molar-refractivity contribution < 1.29 is 14.6 Å². The van der Waals surface area contributed by atoms with E-state index in [-0.39, 0.29) is 11.7 Å². The number of rotatable bonds is 3. The van der Waals surface area contributed by atoms with Gasteiger partial charge in [-0.15, -0.1) is 0 Å². The van der Waals surface area contributed by atoms with Crippen molar-refractivity contribution in [1.29, 1.82) is 0 Å². The van der Waals surface area contributed by atoms with Gasteiger partial charge in [0.15, 0.2) is 0 Å². The molecule has 0 saturated carbocycles. The summed E-state index contributed by atoms with van der Waals surface area (Å²) in [6.07, 6.45) is 1.80. The van der Waals surface area contributed by atoms with Gasteiger partial charge >= 0.3 is 0 Å². The minimum absolute atomic E-state index is 0.0606. The highest BCUT2D eigenvalue weighted by molar-refractivity contribution is 8.26. The largest absolute Gasteiger partial charge is 0.508 e. The highest BCUT2D eigenvalue weighted by atomic mass is 32.2. The number of thioether (sulfide) groups is 1. The number of phenolic OH excluding ortho intramolecular Hbond substituents is 1. The standard InChI is InChI=1S/C15H16N2O3S2/c18-12-3-1-11(2-4-12)9-13-14(19)17(15(21)22-13)10-16-5-7-20-8-6-16/h1-4,9,18H,5-8,10H2/b13-9+. The predicted molar refractivity (Wildman–Crippen MR) is 90.4 cm³/mol. The fourth-order valence-electron chi connectivity index (χ4n) is 2.29. The number of phenols is 1. The molecule has 116 valence electrons. The van der Waals surface area contributed by atoms with E-state index in [1.165, 1.54) is 11.8 Å². The van der Waals surface area contributed by atoms with Crippen LogP contribution in [-0.2, 0) is 9.53 Å². The number of ether oxygens (including phenoxy) is 1. The summed E-state index contributed by atoms with van der Waals surface area (Å²) in [6, 6.07) is 6.73. The third-order valence-electron chi connectivity index (χ3n) is 3.51. The van der Waals surface area contributed by atoms with Crippen LogP contribution in [0.25, 0.3) is 6.08 Å². The number of hydrogen-bond donors (Lipinski definition) is 1. The molecular formula is C15H16N2O3S2. The van der Waals surface area contributed by atoms with Gasteiger partial charge in [0.05, 0.1) is 24.8 Å². The van der Waals surface area contributed by atoms with E-state index in [0.717, 1.165) is 18.7 Å². The van der Waals surface area contributed by atoms with Gasteiger partial charge in [-0.3, -0.25) is 14.6 Å². The van der Waals surface area contributed by atoms with Crippen LogP contribution >= 0.6 is 24.0 Å². The molecule has 2 aliphatic rings. The Morgan fingerprint density at radius 2 is 1.95 bits per heavy atom. The molecule has 3 rings (SSSR count). The van der Waals surface area contributed by atoms with Crippen LogP contribution < -0.4 is 0 Å². The summed E-state index contributed by atoms with van der Waals surface area (Å²) in [6.45, 7) is 3.53. The van der Waals surface area contributed by atoms with Gasteiger partial charge < -0.3 is 9.84 Å². The maximum Gasteiger partial charge on any atom is 0.267 e. The van der Waals surface area contributed by atoms with Crippen LogP contribution in [0.1, 0.15) is 5.56 Å². The lowest BCUT2D eigenvalue weighted by atomic mass is 10.2. The topological polar surface area (TPSA) is 53.0 Å². The number of hydrogen-bond acceptors (Lipinski definition) is 6. The first-order valence-electron chi connectivity index (χ1n) is 6.98. The number of aromatic hydroxyl groups is 1. The number of carbonyl (C=O) groups excluding carboxylic acids is 1. The van der Waals surface area contributed by atoms with Crippen molar-refractivity contribution >= 4 is 40.3 Å². The van der Waals surface area contributed by atoms with E-state index in [1.807, 2.05) is 0 Å². The molecule has 0 aliphatic carbocycles. The summed E-state index contributed by atoms with van der Waals surface area (Å²) in [5.74, 6) is 0.145. The first kappa shape index (κ1) is 15.5. The van der Waals surface area contributed by atoms with Crippen molar-refractivity contribution in [2.45, 2.75) is 0 Å². The molecule has 1 aromatic carbocycles. The second kappa shape index (κ2) is 6.78. The van der Waals surface area contributed by atoms with Gasteiger partial charge in [0.1, 0.15) is 10.1 Å². The van der Waals surface area contributed by atoms with Crippen molar-refractivity contribution in [2.75, 3.05) is 33.0 Å². The summed E-state index contributed by atoms with van der Waals surface area (Å²) < 4.78 is 5.90. The average molecular weight is 336 g/mol. The van der Waals surface area contributed by atoms with Crippen LogP contribution in [0.2, 0.25) is 0 Å². The summed E-state index contributed by atoms with van der Waals surface area (Å²) in [7, 11) is 0. The third-order valence-corrected chi connectivity index (χ3v) is 4.89. The Labute approximate surface area is 138 Å². The Balaban J connectivity index is 1.71. The lowest BCUT2D eigenvalue weighted by Gasteiger charge is -2.29. The molecule has 2 saturated heterocycles. The zero-order chi connectivity index (χ0) is 15.5. The Bertz CT molecular complexity index is 610. The molecular weight excluding hydrogens is 320 g/mol. The summed E-state index contributed by atoms with van der Waals surface area (Å²) in [5.41, 5.74) is 0.865. The highest BCUT2D eigenvalue weighted by Gasteiger charge is 2.33. The normalized spacial score (nSPS) is 21.8. The molecule has 1 amide bonds. The van der Waals surface area contributed by atoms with Gasteiger partial charge in [-0.2, -0.15) is 0 Å². The molecule has 1 N–H and O–H groups in total. The molecule has 0 unspecified atom stereocenters. The fraction of sp³-hybridized carbons (Fsp3) is 0.333. The van der Waals surface area contributed by atoms with Crippen molar-refractivity contribution in [3.63, 3.8) is 0 Å². The summed E-state index contributed by atoms with van der Waals surface area (Å²) in [4.78, 5) is 16.9. The summed E-state index contributed by atoms with van der Waals surface area (Å²) in [5, 5.41) is 9.30. The Morgan fingerprint density at radius 1 is 1.27 bits per heavy atom. The number of amides is 1. The molecule has 1 aromatic rings. The molecule has 0 radical (unpaired) electrons. The summed E-state index contributed by atoms with van der Waals surface area (Å²) >= 11 is 6.65. The maximum absolute atomic E-state index is 12.5. The van der Waals surface area contributed by atoms with Gasteiger partial charge in [-0.25, -0.2) is 0 Å². The smallest absolute Gasteiger partial charge is 0.267 e. The minimum atomic E-state index is -0.0606. The molecule has 0 bridgehead atoms. The molecule has 7 heteroatoms. The van der Waals surface area contributed by atoms with Gasteiger partial charge in [-0.1, -0.05) is 36.1 Å². The van der Waals surface area contributed by atoms with Gasteiger partial charge in [0.2, 0.25) is 0 Å².